The minimum absolute atomic E-state index is 0.198. The fourth-order valence-corrected chi connectivity index (χ4v) is 2.72. The molecule has 16 heavy (non-hydrogen) atoms. The summed E-state index contributed by atoms with van der Waals surface area (Å²) in [6, 6.07) is 4.97. The lowest BCUT2D eigenvalue weighted by atomic mass is 9.75. The molecule has 2 atom stereocenters. The van der Waals surface area contributed by atoms with E-state index < -0.39 is 5.60 Å². The number of aryl methyl sites for hydroxylation is 1. The van der Waals surface area contributed by atoms with Crippen molar-refractivity contribution in [3.63, 3.8) is 0 Å². The maximum absolute atomic E-state index is 13.2. The van der Waals surface area contributed by atoms with Crippen LogP contribution in [0.2, 0.25) is 0 Å². The van der Waals surface area contributed by atoms with Gasteiger partial charge >= 0.3 is 0 Å². The second kappa shape index (κ2) is 4.17. The highest BCUT2D eigenvalue weighted by Crippen LogP contribution is 2.39. The van der Waals surface area contributed by atoms with Crippen molar-refractivity contribution in [2.75, 3.05) is 0 Å². The summed E-state index contributed by atoms with van der Waals surface area (Å²) >= 11 is 0. The standard InChI is InChI=1S/C14H19FO/c1-10-4-3-7-14(16,9-10)12-5-6-13(15)11(2)8-12/h5-6,8,10,16H,3-4,7,9H2,1-2H3. The summed E-state index contributed by atoms with van der Waals surface area (Å²) in [6.07, 6.45) is 3.82. The van der Waals surface area contributed by atoms with E-state index in [4.69, 9.17) is 0 Å². The molecular weight excluding hydrogens is 203 g/mol. The average molecular weight is 222 g/mol. The van der Waals surface area contributed by atoms with Crippen molar-refractivity contribution in [1.29, 1.82) is 0 Å². The van der Waals surface area contributed by atoms with Crippen molar-refractivity contribution in [2.45, 2.75) is 45.1 Å². The van der Waals surface area contributed by atoms with Crippen LogP contribution in [0.25, 0.3) is 0 Å². The van der Waals surface area contributed by atoms with Gasteiger partial charge in [-0.3, -0.25) is 0 Å². The first-order valence-corrected chi connectivity index (χ1v) is 6.00. The highest BCUT2D eigenvalue weighted by Gasteiger charge is 2.34. The van der Waals surface area contributed by atoms with Crippen LogP contribution in [0.5, 0.6) is 0 Å². The molecule has 0 spiro atoms. The Hall–Kier alpha value is -0.890. The highest BCUT2D eigenvalue weighted by atomic mass is 19.1. The maximum Gasteiger partial charge on any atom is 0.126 e. The third-order valence-electron chi connectivity index (χ3n) is 3.67. The predicted molar refractivity (Wildman–Crippen MR) is 62.7 cm³/mol. The normalized spacial score (nSPS) is 30.4. The van der Waals surface area contributed by atoms with Crippen molar-refractivity contribution in [3.05, 3.63) is 35.1 Å². The molecule has 1 N–H and O–H groups in total. The summed E-state index contributed by atoms with van der Waals surface area (Å²) in [7, 11) is 0. The molecule has 0 aromatic heterocycles. The van der Waals surface area contributed by atoms with E-state index in [9.17, 15) is 9.50 Å². The zero-order valence-corrected chi connectivity index (χ0v) is 9.96. The van der Waals surface area contributed by atoms with Crippen molar-refractivity contribution in [1.82, 2.24) is 0 Å². The molecule has 1 aliphatic rings. The molecule has 1 aromatic rings. The zero-order chi connectivity index (χ0) is 11.8. The van der Waals surface area contributed by atoms with Crippen molar-refractivity contribution in [2.24, 2.45) is 5.92 Å². The van der Waals surface area contributed by atoms with Crippen LogP contribution in [0.4, 0.5) is 4.39 Å². The molecule has 1 fully saturated rings. The van der Waals surface area contributed by atoms with Crippen LogP contribution in [0.1, 0.15) is 43.7 Å². The lowest BCUT2D eigenvalue weighted by molar-refractivity contribution is -0.0179. The van der Waals surface area contributed by atoms with Crippen LogP contribution in [0.3, 0.4) is 0 Å². The zero-order valence-electron chi connectivity index (χ0n) is 9.96. The van der Waals surface area contributed by atoms with Gasteiger partial charge in [0.15, 0.2) is 0 Å². The van der Waals surface area contributed by atoms with Gasteiger partial charge in [-0.15, -0.1) is 0 Å². The first-order chi connectivity index (χ1) is 7.51. The molecule has 0 bridgehead atoms. The molecular formula is C14H19FO. The molecule has 0 radical (unpaired) electrons. The highest BCUT2D eigenvalue weighted by molar-refractivity contribution is 5.29. The number of rotatable bonds is 1. The molecule has 0 aliphatic heterocycles. The molecule has 0 amide bonds. The molecule has 2 heteroatoms. The van der Waals surface area contributed by atoms with Gasteiger partial charge in [-0.05, 0) is 49.3 Å². The smallest absolute Gasteiger partial charge is 0.126 e. The molecule has 1 aliphatic carbocycles. The van der Waals surface area contributed by atoms with E-state index in [0.29, 0.717) is 11.5 Å². The van der Waals surface area contributed by atoms with Crippen molar-refractivity contribution in [3.8, 4) is 0 Å². The number of hydrogen-bond donors (Lipinski definition) is 1. The first-order valence-electron chi connectivity index (χ1n) is 6.00. The largest absolute Gasteiger partial charge is 0.385 e. The molecule has 0 heterocycles. The monoisotopic (exact) mass is 222 g/mol. The van der Waals surface area contributed by atoms with Crippen molar-refractivity contribution >= 4 is 0 Å². The van der Waals surface area contributed by atoms with E-state index in [1.54, 1.807) is 19.1 Å². The Balaban J connectivity index is 2.31. The predicted octanol–water partition coefficient (Wildman–Crippen LogP) is 3.53. The van der Waals surface area contributed by atoms with Crippen LogP contribution in [0.15, 0.2) is 18.2 Å². The van der Waals surface area contributed by atoms with Gasteiger partial charge in [0, 0.05) is 0 Å². The second-order valence-electron chi connectivity index (χ2n) is 5.20. The summed E-state index contributed by atoms with van der Waals surface area (Å²) in [5.74, 6) is 0.348. The van der Waals surface area contributed by atoms with E-state index in [1.807, 2.05) is 0 Å². The lowest BCUT2D eigenvalue weighted by Crippen LogP contribution is -2.31. The minimum Gasteiger partial charge on any atom is -0.385 e. The molecule has 1 saturated carbocycles. The van der Waals surface area contributed by atoms with Crippen molar-refractivity contribution < 1.29 is 9.50 Å². The van der Waals surface area contributed by atoms with Crippen LogP contribution < -0.4 is 0 Å². The van der Waals surface area contributed by atoms with E-state index in [0.717, 1.165) is 24.8 Å². The fourth-order valence-electron chi connectivity index (χ4n) is 2.72. The summed E-state index contributed by atoms with van der Waals surface area (Å²) in [5, 5.41) is 10.6. The van der Waals surface area contributed by atoms with Gasteiger partial charge in [-0.1, -0.05) is 25.5 Å². The fraction of sp³-hybridized carbons (Fsp3) is 0.571. The molecule has 88 valence electrons. The average Bonchev–Trinajstić information content (AvgIpc) is 2.21. The minimum atomic E-state index is -0.740. The number of benzene rings is 1. The molecule has 2 unspecified atom stereocenters. The Labute approximate surface area is 96.3 Å². The number of halogens is 1. The van der Waals surface area contributed by atoms with Gasteiger partial charge in [0.25, 0.3) is 0 Å². The van der Waals surface area contributed by atoms with Gasteiger partial charge in [-0.25, -0.2) is 4.39 Å². The topological polar surface area (TPSA) is 20.2 Å². The molecule has 1 nitrogen and oxygen atoms in total. The Morgan fingerprint density at radius 1 is 1.44 bits per heavy atom. The Bertz CT molecular complexity index is 388. The van der Waals surface area contributed by atoms with Crippen LogP contribution >= 0.6 is 0 Å². The van der Waals surface area contributed by atoms with E-state index in [1.165, 1.54) is 12.5 Å². The number of hydrogen-bond acceptors (Lipinski definition) is 1. The first kappa shape index (κ1) is 11.6. The van der Waals surface area contributed by atoms with Crippen LogP contribution in [-0.4, -0.2) is 5.11 Å². The third-order valence-corrected chi connectivity index (χ3v) is 3.67. The van der Waals surface area contributed by atoms with Crippen LogP contribution in [0, 0.1) is 18.7 Å². The Morgan fingerprint density at radius 3 is 2.81 bits per heavy atom. The number of aliphatic hydroxyl groups is 1. The molecule has 0 saturated heterocycles. The van der Waals surface area contributed by atoms with E-state index in [2.05, 4.69) is 6.92 Å². The summed E-state index contributed by atoms with van der Waals surface area (Å²) in [5.41, 5.74) is 0.748. The van der Waals surface area contributed by atoms with E-state index >= 15 is 0 Å². The third kappa shape index (κ3) is 2.12. The van der Waals surface area contributed by atoms with Gasteiger partial charge in [0.2, 0.25) is 0 Å². The van der Waals surface area contributed by atoms with Gasteiger partial charge in [0.1, 0.15) is 5.82 Å². The van der Waals surface area contributed by atoms with Gasteiger partial charge in [-0.2, -0.15) is 0 Å². The summed E-state index contributed by atoms with van der Waals surface area (Å²) in [6.45, 7) is 3.91. The molecule has 2 rings (SSSR count). The van der Waals surface area contributed by atoms with Gasteiger partial charge in [0.05, 0.1) is 5.60 Å². The van der Waals surface area contributed by atoms with E-state index in [-0.39, 0.29) is 5.82 Å². The Kier molecular flexibility index (Phi) is 3.02. The second-order valence-corrected chi connectivity index (χ2v) is 5.20. The van der Waals surface area contributed by atoms with Gasteiger partial charge < -0.3 is 5.11 Å². The van der Waals surface area contributed by atoms with Crippen LogP contribution in [-0.2, 0) is 5.60 Å². The molecule has 1 aromatic carbocycles. The Morgan fingerprint density at radius 2 is 2.19 bits per heavy atom. The lowest BCUT2D eigenvalue weighted by Gasteiger charge is -2.36. The summed E-state index contributed by atoms with van der Waals surface area (Å²) in [4.78, 5) is 0. The summed E-state index contributed by atoms with van der Waals surface area (Å²) < 4.78 is 13.2. The quantitative estimate of drug-likeness (QED) is 0.770. The maximum atomic E-state index is 13.2. The SMILES string of the molecule is Cc1cc(C2(O)CCCC(C)C2)ccc1F.